The molecule has 3 heteroatoms. The van der Waals surface area contributed by atoms with E-state index in [1.807, 2.05) is 25.1 Å². The number of benzene rings is 1. The Morgan fingerprint density at radius 1 is 1.14 bits per heavy atom. The lowest BCUT2D eigenvalue weighted by Crippen LogP contribution is -2.09. The van der Waals surface area contributed by atoms with Crippen LogP contribution in [0.15, 0.2) is 30.3 Å². The van der Waals surface area contributed by atoms with Crippen molar-refractivity contribution in [2.24, 2.45) is 0 Å². The molecule has 1 atom stereocenters. The number of fused-ring (bicyclic) bond motifs is 1. The fourth-order valence-corrected chi connectivity index (χ4v) is 3.25. The smallest absolute Gasteiger partial charge is 0.121 e. The van der Waals surface area contributed by atoms with E-state index in [4.69, 9.17) is 16.6 Å². The first-order chi connectivity index (χ1) is 10.1. The second-order valence-electron chi connectivity index (χ2n) is 5.81. The van der Waals surface area contributed by atoms with Crippen LogP contribution in [0.4, 0.5) is 0 Å². The summed E-state index contributed by atoms with van der Waals surface area (Å²) < 4.78 is 0. The summed E-state index contributed by atoms with van der Waals surface area (Å²) in [6, 6.07) is 9.58. The second kappa shape index (κ2) is 6.17. The largest absolute Gasteiger partial charge is 0.382 e. The third-order valence-electron chi connectivity index (χ3n) is 4.20. The van der Waals surface area contributed by atoms with Crippen molar-refractivity contribution < 1.29 is 5.11 Å². The molecule has 0 saturated heterocycles. The zero-order valence-corrected chi connectivity index (χ0v) is 13.0. The molecule has 0 fully saturated rings. The molecule has 0 saturated carbocycles. The Kier molecular flexibility index (Phi) is 4.27. The van der Waals surface area contributed by atoms with Gasteiger partial charge < -0.3 is 5.11 Å². The van der Waals surface area contributed by atoms with Gasteiger partial charge in [-0.25, -0.2) is 0 Å². The summed E-state index contributed by atoms with van der Waals surface area (Å²) in [7, 11) is 0. The number of aliphatic hydroxyl groups is 1. The van der Waals surface area contributed by atoms with E-state index in [0.717, 1.165) is 35.4 Å². The van der Waals surface area contributed by atoms with Crippen molar-refractivity contribution in [3.63, 3.8) is 0 Å². The Labute approximate surface area is 130 Å². The highest BCUT2D eigenvalue weighted by Gasteiger charge is 2.18. The predicted octanol–water partition coefficient (Wildman–Crippen LogP) is 4.39. The van der Waals surface area contributed by atoms with Crippen molar-refractivity contribution in [1.82, 2.24) is 4.98 Å². The van der Waals surface area contributed by atoms with Gasteiger partial charge in [-0.2, -0.15) is 0 Å². The first kappa shape index (κ1) is 14.6. The van der Waals surface area contributed by atoms with Crippen LogP contribution in [0.1, 0.15) is 53.4 Å². The number of aromatic nitrogens is 1. The average molecular weight is 302 g/mol. The van der Waals surface area contributed by atoms with Crippen LogP contribution in [0.5, 0.6) is 0 Å². The van der Waals surface area contributed by atoms with Crippen LogP contribution in [0.25, 0.3) is 0 Å². The number of pyridine rings is 1. The van der Waals surface area contributed by atoms with E-state index in [1.54, 1.807) is 6.07 Å². The number of hydrogen-bond acceptors (Lipinski definition) is 2. The molecule has 1 N–H and O–H groups in total. The SMILES string of the molecule is Cc1cc2c(nc1C(O)c1cccc(Cl)c1)CCCCC2. The first-order valence-electron chi connectivity index (χ1n) is 7.58. The van der Waals surface area contributed by atoms with Crippen molar-refractivity contribution in [1.29, 1.82) is 0 Å². The Morgan fingerprint density at radius 2 is 1.95 bits per heavy atom. The molecule has 1 heterocycles. The summed E-state index contributed by atoms with van der Waals surface area (Å²) in [6.45, 7) is 2.03. The highest BCUT2D eigenvalue weighted by molar-refractivity contribution is 6.30. The molecule has 0 aliphatic heterocycles. The monoisotopic (exact) mass is 301 g/mol. The van der Waals surface area contributed by atoms with E-state index in [2.05, 4.69) is 6.07 Å². The topological polar surface area (TPSA) is 33.1 Å². The molecule has 3 rings (SSSR count). The third kappa shape index (κ3) is 3.12. The van der Waals surface area contributed by atoms with Gasteiger partial charge in [-0.3, -0.25) is 4.98 Å². The van der Waals surface area contributed by atoms with Crippen LogP contribution in [0.2, 0.25) is 5.02 Å². The van der Waals surface area contributed by atoms with Crippen LogP contribution in [-0.2, 0) is 12.8 Å². The maximum absolute atomic E-state index is 10.6. The number of aliphatic hydroxyl groups excluding tert-OH is 1. The summed E-state index contributed by atoms with van der Waals surface area (Å²) in [6.07, 6.45) is 5.11. The van der Waals surface area contributed by atoms with Crippen LogP contribution in [0.3, 0.4) is 0 Å². The number of aryl methyl sites for hydroxylation is 3. The van der Waals surface area contributed by atoms with E-state index >= 15 is 0 Å². The molecular weight excluding hydrogens is 282 g/mol. The summed E-state index contributed by atoms with van der Waals surface area (Å²) >= 11 is 6.02. The maximum atomic E-state index is 10.6. The Hall–Kier alpha value is -1.38. The highest BCUT2D eigenvalue weighted by Crippen LogP contribution is 2.28. The zero-order chi connectivity index (χ0) is 14.8. The lowest BCUT2D eigenvalue weighted by atomic mass is 9.99. The summed E-state index contributed by atoms with van der Waals surface area (Å²) in [5, 5.41) is 11.3. The molecule has 1 aliphatic rings. The predicted molar refractivity (Wildman–Crippen MR) is 85.7 cm³/mol. The molecule has 1 unspecified atom stereocenters. The van der Waals surface area contributed by atoms with Crippen molar-refractivity contribution in [2.45, 2.75) is 45.1 Å². The summed E-state index contributed by atoms with van der Waals surface area (Å²) in [5.41, 5.74) is 5.13. The number of rotatable bonds is 2. The zero-order valence-electron chi connectivity index (χ0n) is 12.3. The highest BCUT2D eigenvalue weighted by atomic mass is 35.5. The second-order valence-corrected chi connectivity index (χ2v) is 6.25. The molecule has 1 aromatic carbocycles. The van der Waals surface area contributed by atoms with Crippen LogP contribution in [0, 0.1) is 6.92 Å². The normalized spacial score (nSPS) is 16.1. The lowest BCUT2D eigenvalue weighted by molar-refractivity contribution is 0.214. The van der Waals surface area contributed by atoms with Gasteiger partial charge in [0.15, 0.2) is 0 Å². The fourth-order valence-electron chi connectivity index (χ4n) is 3.05. The Bertz CT molecular complexity index is 654. The van der Waals surface area contributed by atoms with Crippen molar-refractivity contribution in [3.05, 3.63) is 63.4 Å². The van der Waals surface area contributed by atoms with Gasteiger partial charge >= 0.3 is 0 Å². The minimum absolute atomic E-state index is 0.638. The van der Waals surface area contributed by atoms with Gasteiger partial charge in [-0.15, -0.1) is 0 Å². The quantitative estimate of drug-likeness (QED) is 0.834. The molecule has 1 aromatic heterocycles. The Morgan fingerprint density at radius 3 is 2.76 bits per heavy atom. The van der Waals surface area contributed by atoms with Crippen molar-refractivity contribution >= 4 is 11.6 Å². The van der Waals surface area contributed by atoms with E-state index < -0.39 is 6.10 Å². The molecule has 0 amide bonds. The lowest BCUT2D eigenvalue weighted by Gasteiger charge is -2.17. The molecule has 2 nitrogen and oxygen atoms in total. The molecule has 110 valence electrons. The molecule has 1 aliphatic carbocycles. The van der Waals surface area contributed by atoms with Gasteiger partial charge in [0.2, 0.25) is 0 Å². The average Bonchev–Trinajstić information content (AvgIpc) is 2.70. The third-order valence-corrected chi connectivity index (χ3v) is 4.44. The van der Waals surface area contributed by atoms with Crippen molar-refractivity contribution in [2.75, 3.05) is 0 Å². The Balaban J connectivity index is 2.00. The number of hydrogen-bond donors (Lipinski definition) is 1. The molecule has 2 aromatic rings. The summed E-state index contributed by atoms with van der Waals surface area (Å²) in [4.78, 5) is 4.79. The van der Waals surface area contributed by atoms with E-state index in [1.165, 1.54) is 24.8 Å². The van der Waals surface area contributed by atoms with Crippen molar-refractivity contribution in [3.8, 4) is 0 Å². The fraction of sp³-hybridized carbons (Fsp3) is 0.389. The number of halogens is 1. The van der Waals surface area contributed by atoms with Gasteiger partial charge in [0.25, 0.3) is 0 Å². The molecule has 0 radical (unpaired) electrons. The number of nitrogens with zero attached hydrogens (tertiary/aromatic N) is 1. The molecule has 0 bridgehead atoms. The first-order valence-corrected chi connectivity index (χ1v) is 7.96. The van der Waals surface area contributed by atoms with E-state index in [9.17, 15) is 5.11 Å². The maximum Gasteiger partial charge on any atom is 0.121 e. The molecular formula is C18H20ClNO. The van der Waals surface area contributed by atoms with Gasteiger partial charge in [0.1, 0.15) is 6.10 Å². The van der Waals surface area contributed by atoms with Crippen LogP contribution >= 0.6 is 11.6 Å². The van der Waals surface area contributed by atoms with E-state index in [0.29, 0.717) is 5.02 Å². The summed E-state index contributed by atoms with van der Waals surface area (Å²) in [5.74, 6) is 0. The molecule has 21 heavy (non-hydrogen) atoms. The standard InChI is InChI=1S/C18H20ClNO/c1-12-10-13-6-3-2-4-9-16(13)20-17(12)18(21)14-7-5-8-15(19)11-14/h5,7-8,10-11,18,21H,2-4,6,9H2,1H3. The van der Waals surface area contributed by atoms with E-state index in [-0.39, 0.29) is 0 Å². The van der Waals surface area contributed by atoms with Gasteiger partial charge in [0.05, 0.1) is 5.69 Å². The molecule has 0 spiro atoms. The minimum atomic E-state index is -0.711. The van der Waals surface area contributed by atoms with Gasteiger partial charge in [0, 0.05) is 10.7 Å². The minimum Gasteiger partial charge on any atom is -0.382 e. The van der Waals surface area contributed by atoms with Crippen LogP contribution in [-0.4, -0.2) is 10.1 Å². The van der Waals surface area contributed by atoms with Gasteiger partial charge in [-0.1, -0.05) is 36.2 Å². The van der Waals surface area contributed by atoms with Gasteiger partial charge in [-0.05, 0) is 61.4 Å². The van der Waals surface area contributed by atoms with Crippen LogP contribution < -0.4 is 0 Å².